The first-order valence-electron chi connectivity index (χ1n) is 6.93. The summed E-state index contributed by atoms with van der Waals surface area (Å²) in [6.45, 7) is 3.68. The Labute approximate surface area is 109 Å². The zero-order valence-corrected chi connectivity index (χ0v) is 11.7. The Bertz CT molecular complexity index is 291. The van der Waals surface area contributed by atoms with Gasteiger partial charge in [-0.25, -0.2) is 0 Å². The smallest absolute Gasteiger partial charge is 0.308 e. The van der Waals surface area contributed by atoms with Gasteiger partial charge in [-0.2, -0.15) is 0 Å². The van der Waals surface area contributed by atoms with E-state index in [9.17, 15) is 9.59 Å². The molecule has 104 valence electrons. The average molecular weight is 255 g/mol. The summed E-state index contributed by atoms with van der Waals surface area (Å²) in [6.07, 6.45) is 5.94. The molecule has 1 N–H and O–H groups in total. The number of carbonyl (C=O) groups excluding carboxylic acids is 2. The number of amides is 1. The summed E-state index contributed by atoms with van der Waals surface area (Å²) >= 11 is 0. The number of hydrogen-bond donors (Lipinski definition) is 1. The monoisotopic (exact) mass is 255 g/mol. The number of methoxy groups -OCH3 is 1. The predicted molar refractivity (Wildman–Crippen MR) is 70.0 cm³/mol. The quantitative estimate of drug-likeness (QED) is 0.767. The summed E-state index contributed by atoms with van der Waals surface area (Å²) < 4.78 is 4.83. The van der Waals surface area contributed by atoms with Crippen molar-refractivity contribution in [1.29, 1.82) is 0 Å². The van der Waals surface area contributed by atoms with Crippen molar-refractivity contribution in [2.24, 2.45) is 11.8 Å². The lowest BCUT2D eigenvalue weighted by atomic mass is 9.76. The fourth-order valence-electron chi connectivity index (χ4n) is 2.97. The van der Waals surface area contributed by atoms with Gasteiger partial charge in [0.25, 0.3) is 0 Å². The van der Waals surface area contributed by atoms with Gasteiger partial charge in [-0.3, -0.25) is 9.59 Å². The fourth-order valence-corrected chi connectivity index (χ4v) is 2.97. The largest absolute Gasteiger partial charge is 0.469 e. The molecule has 1 amide bonds. The molecule has 3 atom stereocenters. The molecule has 1 saturated carbocycles. The van der Waals surface area contributed by atoms with E-state index in [4.69, 9.17) is 4.74 Å². The highest BCUT2D eigenvalue weighted by molar-refractivity contribution is 5.73. The lowest BCUT2D eigenvalue weighted by Crippen LogP contribution is -2.41. The van der Waals surface area contributed by atoms with Crippen LogP contribution in [0.15, 0.2) is 0 Å². The van der Waals surface area contributed by atoms with Crippen molar-refractivity contribution in [3.63, 3.8) is 0 Å². The number of carbonyl (C=O) groups is 2. The molecule has 0 radical (unpaired) electrons. The summed E-state index contributed by atoms with van der Waals surface area (Å²) in [5.74, 6) is 0.347. The van der Waals surface area contributed by atoms with Crippen LogP contribution in [0.4, 0.5) is 0 Å². The van der Waals surface area contributed by atoms with Gasteiger partial charge in [-0.05, 0) is 31.6 Å². The first-order chi connectivity index (χ1) is 8.58. The maximum absolute atomic E-state index is 11.6. The van der Waals surface area contributed by atoms with Crippen LogP contribution in [0.25, 0.3) is 0 Å². The van der Waals surface area contributed by atoms with Crippen molar-refractivity contribution in [2.75, 3.05) is 7.11 Å². The molecule has 1 rings (SSSR count). The van der Waals surface area contributed by atoms with Gasteiger partial charge >= 0.3 is 5.97 Å². The van der Waals surface area contributed by atoms with Crippen LogP contribution >= 0.6 is 0 Å². The van der Waals surface area contributed by atoms with Crippen molar-refractivity contribution in [3.05, 3.63) is 0 Å². The predicted octanol–water partition coefficient (Wildman–Crippen LogP) is 2.27. The Morgan fingerprint density at radius 3 is 2.67 bits per heavy atom. The molecule has 0 heterocycles. The third-order valence-electron chi connectivity index (χ3n) is 3.81. The van der Waals surface area contributed by atoms with Gasteiger partial charge in [0.2, 0.25) is 5.91 Å². The van der Waals surface area contributed by atoms with E-state index in [0.29, 0.717) is 5.92 Å². The number of hydrogen-bond acceptors (Lipinski definition) is 3. The molecule has 0 aliphatic heterocycles. The molecule has 0 aromatic rings. The Morgan fingerprint density at radius 1 is 1.39 bits per heavy atom. The normalized spacial score (nSPS) is 25.3. The third-order valence-corrected chi connectivity index (χ3v) is 3.81. The second kappa shape index (κ2) is 7.39. The van der Waals surface area contributed by atoms with Crippen LogP contribution in [0.1, 0.15) is 52.4 Å². The number of nitrogens with one attached hydrogen (secondary N) is 1. The number of esters is 1. The van der Waals surface area contributed by atoms with Gasteiger partial charge in [0, 0.05) is 13.0 Å². The molecule has 4 nitrogen and oxygen atoms in total. The van der Waals surface area contributed by atoms with Crippen molar-refractivity contribution >= 4 is 11.9 Å². The van der Waals surface area contributed by atoms with E-state index in [-0.39, 0.29) is 23.8 Å². The van der Waals surface area contributed by atoms with Crippen LogP contribution in [0.3, 0.4) is 0 Å². The highest BCUT2D eigenvalue weighted by Crippen LogP contribution is 2.33. The summed E-state index contributed by atoms with van der Waals surface area (Å²) in [5, 5.41) is 3.04. The highest BCUT2D eigenvalue weighted by atomic mass is 16.5. The minimum absolute atomic E-state index is 0.0156. The van der Waals surface area contributed by atoms with Gasteiger partial charge in [0.05, 0.1) is 13.0 Å². The molecule has 0 spiro atoms. The van der Waals surface area contributed by atoms with Crippen LogP contribution in [-0.4, -0.2) is 25.0 Å². The highest BCUT2D eigenvalue weighted by Gasteiger charge is 2.32. The number of rotatable bonds is 5. The average Bonchev–Trinajstić information content (AvgIpc) is 2.37. The third kappa shape index (κ3) is 4.31. The van der Waals surface area contributed by atoms with Gasteiger partial charge < -0.3 is 10.1 Å². The lowest BCUT2D eigenvalue weighted by Gasteiger charge is -2.33. The molecule has 18 heavy (non-hydrogen) atoms. The second-order valence-electron chi connectivity index (χ2n) is 5.24. The van der Waals surface area contributed by atoms with E-state index in [2.05, 4.69) is 12.2 Å². The van der Waals surface area contributed by atoms with Gasteiger partial charge in [-0.15, -0.1) is 0 Å². The molecule has 0 unspecified atom stereocenters. The van der Waals surface area contributed by atoms with Crippen LogP contribution in [0.5, 0.6) is 0 Å². The van der Waals surface area contributed by atoms with E-state index >= 15 is 0 Å². The molecule has 1 aliphatic rings. The van der Waals surface area contributed by atoms with E-state index < -0.39 is 0 Å². The maximum atomic E-state index is 11.6. The Hall–Kier alpha value is -1.06. The molecule has 1 aliphatic carbocycles. The van der Waals surface area contributed by atoms with Gasteiger partial charge in [0.1, 0.15) is 0 Å². The summed E-state index contributed by atoms with van der Waals surface area (Å²) in [5.41, 5.74) is 0. The summed E-state index contributed by atoms with van der Waals surface area (Å²) in [6, 6.07) is 0.208. The van der Waals surface area contributed by atoms with Crippen molar-refractivity contribution < 1.29 is 14.3 Å². The molecule has 0 saturated heterocycles. The Kier molecular flexibility index (Phi) is 6.16. The van der Waals surface area contributed by atoms with E-state index in [0.717, 1.165) is 38.5 Å². The van der Waals surface area contributed by atoms with Crippen LogP contribution in [0, 0.1) is 11.8 Å². The van der Waals surface area contributed by atoms with Crippen LogP contribution in [0.2, 0.25) is 0 Å². The van der Waals surface area contributed by atoms with Crippen molar-refractivity contribution in [2.45, 2.75) is 58.4 Å². The summed E-state index contributed by atoms with van der Waals surface area (Å²) in [7, 11) is 1.45. The molecular weight excluding hydrogens is 230 g/mol. The molecule has 0 bridgehead atoms. The molecule has 0 aromatic heterocycles. The standard InChI is InChI=1S/C14H25NO3/c1-4-6-13(15-10(2)16)11-7-5-8-12(9-11)14(17)18-3/h11-13H,4-9H2,1-3H3,(H,15,16)/t11-,12+,13-/m0/s1. The summed E-state index contributed by atoms with van der Waals surface area (Å²) in [4.78, 5) is 22.8. The first-order valence-corrected chi connectivity index (χ1v) is 6.93. The fraction of sp³-hybridized carbons (Fsp3) is 0.857. The zero-order chi connectivity index (χ0) is 13.5. The van der Waals surface area contributed by atoms with Crippen molar-refractivity contribution in [3.8, 4) is 0 Å². The Morgan fingerprint density at radius 2 is 2.11 bits per heavy atom. The molecule has 1 fully saturated rings. The minimum atomic E-state index is -0.0993. The number of ether oxygens (including phenoxy) is 1. The van der Waals surface area contributed by atoms with E-state index in [1.165, 1.54) is 7.11 Å². The second-order valence-corrected chi connectivity index (χ2v) is 5.24. The molecule has 4 heteroatoms. The minimum Gasteiger partial charge on any atom is -0.469 e. The van der Waals surface area contributed by atoms with Gasteiger partial charge in [-0.1, -0.05) is 19.8 Å². The zero-order valence-electron chi connectivity index (χ0n) is 11.7. The van der Waals surface area contributed by atoms with Crippen molar-refractivity contribution in [1.82, 2.24) is 5.32 Å². The maximum Gasteiger partial charge on any atom is 0.308 e. The lowest BCUT2D eigenvalue weighted by molar-refractivity contribution is -0.147. The van der Waals surface area contributed by atoms with Gasteiger partial charge in [0.15, 0.2) is 0 Å². The Balaban J connectivity index is 2.61. The SMILES string of the molecule is CCC[C@H](NC(C)=O)[C@H]1CCC[C@@H](C(=O)OC)C1. The first kappa shape index (κ1) is 15.0. The topological polar surface area (TPSA) is 55.4 Å². The molecule has 0 aromatic carbocycles. The van der Waals surface area contributed by atoms with E-state index in [1.54, 1.807) is 6.92 Å². The van der Waals surface area contributed by atoms with Crippen LogP contribution in [-0.2, 0) is 14.3 Å². The van der Waals surface area contributed by atoms with Crippen LogP contribution < -0.4 is 5.32 Å². The van der Waals surface area contributed by atoms with E-state index in [1.807, 2.05) is 0 Å². The molecular formula is C14H25NO3.